The molecule has 2 heterocycles. The van der Waals surface area contributed by atoms with Gasteiger partial charge >= 0.3 is 11.9 Å². The third-order valence-corrected chi connectivity index (χ3v) is 12.5. The minimum atomic E-state index is -3.94. The van der Waals surface area contributed by atoms with Gasteiger partial charge in [-0.15, -0.1) is 22.7 Å². The predicted octanol–water partition coefficient (Wildman–Crippen LogP) is 8.49. The number of carboxylic acid groups (broad SMARTS) is 1. The van der Waals surface area contributed by atoms with Gasteiger partial charge in [0.05, 0.1) is 9.79 Å². The van der Waals surface area contributed by atoms with Crippen LogP contribution in [0.15, 0.2) is 119 Å². The van der Waals surface area contributed by atoms with E-state index in [0.29, 0.717) is 21.1 Å². The number of aromatic carboxylic acids is 1. The van der Waals surface area contributed by atoms with Crippen LogP contribution in [-0.4, -0.2) is 49.4 Å². The van der Waals surface area contributed by atoms with E-state index in [2.05, 4.69) is 19.4 Å². The number of esters is 1. The second kappa shape index (κ2) is 16.3. The second-order valence-corrected chi connectivity index (χ2v) is 18.0. The van der Waals surface area contributed by atoms with Crippen LogP contribution in [0.25, 0.3) is 21.1 Å². The summed E-state index contributed by atoms with van der Waals surface area (Å²) in [7, 11) is -7.86. The van der Waals surface area contributed by atoms with E-state index in [1.165, 1.54) is 12.1 Å². The summed E-state index contributed by atoms with van der Waals surface area (Å²) in [6, 6.07) is 31.3. The van der Waals surface area contributed by atoms with Gasteiger partial charge in [0.15, 0.2) is 21.4 Å². The molecule has 6 aromatic rings. The number of aromatic nitrogens is 2. The van der Waals surface area contributed by atoms with E-state index >= 15 is 0 Å². The molecule has 54 heavy (non-hydrogen) atoms. The Morgan fingerprint density at radius 2 is 0.981 bits per heavy atom. The van der Waals surface area contributed by atoms with Gasteiger partial charge in [-0.05, 0) is 57.9 Å². The SMILES string of the molecule is Cc1ccccc1S(=O)(=O)Nc1nc(-c2ccccc2)sc1C(=O)O.Cc1ccccc1S(=O)(=O)Nc1nc(-c2ccccc2)sc1C(=O)OC(C)(C)C. The average molecular weight is 805 g/mol. The van der Waals surface area contributed by atoms with Gasteiger partial charge in [-0.25, -0.2) is 36.4 Å². The topological polar surface area (TPSA) is 182 Å². The molecule has 0 fully saturated rings. The number of rotatable bonds is 10. The van der Waals surface area contributed by atoms with Gasteiger partial charge in [0.25, 0.3) is 20.0 Å². The lowest BCUT2D eigenvalue weighted by atomic mass is 10.2. The van der Waals surface area contributed by atoms with Crippen molar-refractivity contribution in [3.05, 3.63) is 130 Å². The lowest BCUT2D eigenvalue weighted by Gasteiger charge is -2.19. The summed E-state index contributed by atoms with van der Waals surface area (Å²) >= 11 is 2.01. The number of hydrogen-bond acceptors (Lipinski definition) is 11. The van der Waals surface area contributed by atoms with Crippen molar-refractivity contribution in [2.45, 2.75) is 50.0 Å². The van der Waals surface area contributed by atoms with Crippen LogP contribution in [0.2, 0.25) is 0 Å². The summed E-state index contributed by atoms with van der Waals surface area (Å²) in [6.07, 6.45) is 0. The molecular formula is C38H36N4O8S4. The lowest BCUT2D eigenvalue weighted by Crippen LogP contribution is -2.24. The Balaban J connectivity index is 0.000000210. The van der Waals surface area contributed by atoms with Crippen molar-refractivity contribution in [3.63, 3.8) is 0 Å². The van der Waals surface area contributed by atoms with Crippen molar-refractivity contribution in [2.24, 2.45) is 0 Å². The maximum Gasteiger partial charge on any atom is 0.352 e. The molecule has 0 saturated carbocycles. The smallest absolute Gasteiger partial charge is 0.352 e. The molecule has 0 aliphatic carbocycles. The fraction of sp³-hybridized carbons (Fsp3) is 0.158. The summed E-state index contributed by atoms with van der Waals surface area (Å²) in [6.45, 7) is 8.63. The van der Waals surface area contributed by atoms with Crippen LogP contribution in [0.4, 0.5) is 11.6 Å². The number of ether oxygens (including phenoxy) is 1. The number of carboxylic acids is 1. The molecule has 12 nitrogen and oxygen atoms in total. The highest BCUT2D eigenvalue weighted by Crippen LogP contribution is 2.35. The van der Waals surface area contributed by atoms with Crippen molar-refractivity contribution in [2.75, 3.05) is 9.44 Å². The molecule has 0 atom stereocenters. The normalized spacial score (nSPS) is 11.6. The van der Waals surface area contributed by atoms with Crippen LogP contribution < -0.4 is 9.44 Å². The van der Waals surface area contributed by atoms with Crippen molar-refractivity contribution in [1.29, 1.82) is 0 Å². The fourth-order valence-corrected chi connectivity index (χ4v) is 9.30. The Kier molecular flexibility index (Phi) is 12.0. The molecule has 3 N–H and O–H groups in total. The molecule has 0 aliphatic heterocycles. The maximum atomic E-state index is 12.9. The Morgan fingerprint density at radius 1 is 0.611 bits per heavy atom. The Bertz CT molecular complexity index is 2510. The first-order valence-corrected chi connectivity index (χ1v) is 20.8. The largest absolute Gasteiger partial charge is 0.477 e. The highest BCUT2D eigenvalue weighted by Gasteiger charge is 2.28. The standard InChI is InChI=1S/C21H22N2O4S2.C17H14N2O4S2/c1-14-10-8-9-13-16(14)29(25,26)23-18-17(20(24)27-21(2,3)4)28-19(22-18)15-11-6-5-7-12-15;1-11-7-5-6-10-13(11)25(22,23)19-15-14(17(20)21)24-16(18-15)12-8-3-2-4-9-12/h5-13,23H,1-4H3;2-10,19H,1H3,(H,20,21). The first kappa shape index (κ1) is 39.8. The van der Waals surface area contributed by atoms with E-state index in [9.17, 15) is 31.5 Å². The van der Waals surface area contributed by atoms with Crippen LogP contribution in [0.1, 0.15) is 51.2 Å². The van der Waals surface area contributed by atoms with Gasteiger partial charge < -0.3 is 9.84 Å². The molecule has 0 amide bonds. The monoisotopic (exact) mass is 804 g/mol. The van der Waals surface area contributed by atoms with Crippen LogP contribution in [0.5, 0.6) is 0 Å². The minimum Gasteiger partial charge on any atom is -0.477 e. The number of carbonyl (C=O) groups is 2. The molecule has 0 radical (unpaired) electrons. The molecule has 0 aliphatic rings. The molecular weight excluding hydrogens is 769 g/mol. The quantitative estimate of drug-likeness (QED) is 0.114. The van der Waals surface area contributed by atoms with Crippen LogP contribution in [0.3, 0.4) is 0 Å². The van der Waals surface area contributed by atoms with Crippen molar-refractivity contribution in [1.82, 2.24) is 9.97 Å². The number of benzene rings is 4. The van der Waals surface area contributed by atoms with E-state index < -0.39 is 37.6 Å². The van der Waals surface area contributed by atoms with Gasteiger partial charge in [0.2, 0.25) is 0 Å². The molecule has 0 bridgehead atoms. The van der Waals surface area contributed by atoms with Crippen LogP contribution in [-0.2, 0) is 24.8 Å². The molecule has 4 aromatic carbocycles. The Morgan fingerprint density at radius 3 is 1.37 bits per heavy atom. The molecule has 0 spiro atoms. The maximum absolute atomic E-state index is 12.9. The van der Waals surface area contributed by atoms with E-state index in [1.807, 2.05) is 36.4 Å². The van der Waals surface area contributed by atoms with Gasteiger partial charge in [0, 0.05) is 11.1 Å². The third kappa shape index (κ3) is 9.76. The fourth-order valence-electron chi connectivity index (χ4n) is 4.88. The van der Waals surface area contributed by atoms with Gasteiger partial charge in [0.1, 0.15) is 15.6 Å². The van der Waals surface area contributed by atoms with Gasteiger partial charge in [-0.2, -0.15) is 0 Å². The van der Waals surface area contributed by atoms with Crippen molar-refractivity contribution >= 4 is 66.3 Å². The second-order valence-electron chi connectivity index (χ2n) is 12.7. The van der Waals surface area contributed by atoms with Crippen molar-refractivity contribution < 1.29 is 36.3 Å². The zero-order valence-corrected chi connectivity index (χ0v) is 33.0. The summed E-state index contributed by atoms with van der Waals surface area (Å²) in [4.78, 5) is 33.0. The third-order valence-electron chi connectivity index (χ3n) is 7.30. The number of nitrogens with one attached hydrogen (secondary N) is 2. The zero-order chi connectivity index (χ0) is 39.3. The van der Waals surface area contributed by atoms with E-state index in [1.54, 1.807) is 95.3 Å². The first-order chi connectivity index (χ1) is 25.4. The molecule has 0 unspecified atom stereocenters. The van der Waals surface area contributed by atoms with E-state index in [-0.39, 0.29) is 31.2 Å². The molecule has 16 heteroatoms. The Labute approximate surface area is 321 Å². The first-order valence-electron chi connectivity index (χ1n) is 16.2. The molecule has 2 aromatic heterocycles. The molecule has 6 rings (SSSR count). The molecule has 0 saturated heterocycles. The number of hydrogen-bond donors (Lipinski definition) is 3. The van der Waals surface area contributed by atoms with Gasteiger partial charge in [-0.1, -0.05) is 97.1 Å². The predicted molar refractivity (Wildman–Crippen MR) is 211 cm³/mol. The molecule has 280 valence electrons. The number of aryl methyl sites for hydroxylation is 2. The number of anilines is 2. The number of carbonyl (C=O) groups excluding carboxylic acids is 1. The number of sulfonamides is 2. The summed E-state index contributed by atoms with van der Waals surface area (Å²) in [5, 5.41) is 10.3. The summed E-state index contributed by atoms with van der Waals surface area (Å²) in [5.41, 5.74) is 1.93. The van der Waals surface area contributed by atoms with Crippen molar-refractivity contribution in [3.8, 4) is 21.1 Å². The highest BCUT2D eigenvalue weighted by atomic mass is 32.2. The van der Waals surface area contributed by atoms with Crippen LogP contribution in [0, 0.1) is 13.8 Å². The Hall–Kier alpha value is -5.42. The summed E-state index contributed by atoms with van der Waals surface area (Å²) < 4.78 is 61.3. The zero-order valence-electron chi connectivity index (χ0n) is 29.7. The van der Waals surface area contributed by atoms with Gasteiger partial charge in [-0.3, -0.25) is 9.44 Å². The number of nitrogens with zero attached hydrogens (tertiary/aromatic N) is 2. The highest BCUT2D eigenvalue weighted by molar-refractivity contribution is 7.93. The lowest BCUT2D eigenvalue weighted by molar-refractivity contribution is 0.00758. The van der Waals surface area contributed by atoms with Crippen LogP contribution >= 0.6 is 22.7 Å². The average Bonchev–Trinajstić information content (AvgIpc) is 3.73. The number of thiazole rings is 2. The minimum absolute atomic E-state index is 0.0358. The van der Waals surface area contributed by atoms with E-state index in [4.69, 9.17) is 4.74 Å². The summed E-state index contributed by atoms with van der Waals surface area (Å²) in [5.74, 6) is -2.08. The van der Waals surface area contributed by atoms with E-state index in [0.717, 1.165) is 33.8 Å².